The van der Waals surface area contributed by atoms with E-state index in [4.69, 9.17) is 5.11 Å². The highest BCUT2D eigenvalue weighted by molar-refractivity contribution is 7.99. The van der Waals surface area contributed by atoms with E-state index in [0.29, 0.717) is 5.56 Å². The predicted molar refractivity (Wildman–Crippen MR) is 88.5 cm³/mol. The first kappa shape index (κ1) is 18.4. The third-order valence-corrected chi connectivity index (χ3v) is 4.63. The van der Waals surface area contributed by atoms with Crippen molar-refractivity contribution in [3.63, 3.8) is 0 Å². The van der Waals surface area contributed by atoms with Crippen LogP contribution in [0.4, 0.5) is 5.69 Å². The van der Waals surface area contributed by atoms with E-state index >= 15 is 0 Å². The van der Waals surface area contributed by atoms with Gasteiger partial charge in [-0.15, -0.1) is 11.8 Å². The zero-order valence-corrected chi connectivity index (χ0v) is 13.5. The lowest BCUT2D eigenvalue weighted by Gasteiger charge is -2.20. The second-order valence-corrected chi connectivity index (χ2v) is 6.01. The minimum absolute atomic E-state index is 0.184. The molecule has 0 aliphatic carbocycles. The number of hydrogen-bond donors (Lipinski definition) is 2. The Morgan fingerprint density at radius 3 is 2.40 bits per heavy atom. The minimum Gasteiger partial charge on any atom is -0.479 e. The van der Waals surface area contributed by atoms with Crippen molar-refractivity contribution in [3.8, 4) is 5.75 Å². The summed E-state index contributed by atoms with van der Waals surface area (Å²) in [5.41, 5.74) is 0.229. The Labute approximate surface area is 146 Å². The monoisotopic (exact) mass is 363 g/mol. The average Bonchev–Trinajstić information content (AvgIpc) is 2.60. The Kier molecular flexibility index (Phi) is 6.09. The molecule has 2 rings (SSSR count). The van der Waals surface area contributed by atoms with Crippen molar-refractivity contribution in [3.05, 3.63) is 64.2 Å². The van der Waals surface area contributed by atoms with Gasteiger partial charge in [-0.1, -0.05) is 24.3 Å². The number of aliphatic hydroxyl groups excluding tert-OH is 1. The summed E-state index contributed by atoms with van der Waals surface area (Å²) >= 11 is 0.870. The van der Waals surface area contributed by atoms with Crippen LogP contribution in [-0.2, 0) is 9.59 Å². The number of carboxylic acids is 1. The van der Waals surface area contributed by atoms with Crippen molar-refractivity contribution in [2.24, 2.45) is 0 Å². The van der Waals surface area contributed by atoms with E-state index in [1.165, 1.54) is 42.5 Å². The first-order chi connectivity index (χ1) is 11.9. The molecule has 0 aromatic heterocycles. The molecule has 0 fully saturated rings. The van der Waals surface area contributed by atoms with Gasteiger partial charge < -0.3 is 14.9 Å². The van der Waals surface area contributed by atoms with Crippen LogP contribution in [0.15, 0.2) is 53.4 Å². The molecule has 0 amide bonds. The molecule has 0 unspecified atom stereocenters. The number of thioether (sulfide) groups is 1. The second-order valence-electron chi connectivity index (χ2n) is 4.83. The zero-order chi connectivity index (χ0) is 18.4. The van der Waals surface area contributed by atoms with Crippen molar-refractivity contribution in [1.29, 1.82) is 0 Å². The normalized spacial score (nSPS) is 12.8. The van der Waals surface area contributed by atoms with Crippen molar-refractivity contribution >= 4 is 29.9 Å². The topological polar surface area (TPSA) is 127 Å². The van der Waals surface area contributed by atoms with Crippen LogP contribution < -0.4 is 4.74 Å². The van der Waals surface area contributed by atoms with E-state index in [-0.39, 0.29) is 22.8 Å². The maximum Gasteiger partial charge on any atom is 0.334 e. The van der Waals surface area contributed by atoms with Gasteiger partial charge in [0.1, 0.15) is 5.75 Å². The highest BCUT2D eigenvalue weighted by atomic mass is 32.2. The number of para-hydroxylation sites is 1. The Bertz CT molecular complexity index is 778. The Morgan fingerprint density at radius 1 is 1.20 bits per heavy atom. The van der Waals surface area contributed by atoms with Crippen molar-refractivity contribution in [1.82, 2.24) is 0 Å². The van der Waals surface area contributed by atoms with Gasteiger partial charge in [0.25, 0.3) is 12.2 Å². The van der Waals surface area contributed by atoms with Gasteiger partial charge >= 0.3 is 5.97 Å². The number of carboxylic acid groups (broad SMARTS) is 1. The van der Waals surface area contributed by atoms with E-state index in [9.17, 15) is 24.8 Å². The summed E-state index contributed by atoms with van der Waals surface area (Å²) in [7, 11) is 0. The molecule has 0 bridgehead atoms. The SMILES string of the molecule is O=COc1ccc([C@H](Sc2ccccc2[N+](=O)[O-])[C@@H](O)C(=O)O)cc1. The lowest BCUT2D eigenvalue weighted by Crippen LogP contribution is -2.26. The van der Waals surface area contributed by atoms with Gasteiger partial charge in [0.05, 0.1) is 15.1 Å². The fraction of sp³-hybridized carbons (Fsp3) is 0.125. The minimum atomic E-state index is -1.79. The molecular weight excluding hydrogens is 350 g/mol. The number of benzene rings is 2. The van der Waals surface area contributed by atoms with Gasteiger partial charge in [-0.05, 0) is 23.8 Å². The van der Waals surface area contributed by atoms with Crippen LogP contribution in [0.5, 0.6) is 5.75 Å². The van der Waals surface area contributed by atoms with Gasteiger partial charge in [-0.3, -0.25) is 14.9 Å². The van der Waals surface area contributed by atoms with Gasteiger partial charge in [-0.25, -0.2) is 4.79 Å². The molecule has 2 aromatic carbocycles. The van der Waals surface area contributed by atoms with Crippen LogP contribution in [0.25, 0.3) is 0 Å². The summed E-state index contributed by atoms with van der Waals surface area (Å²) in [5, 5.41) is 29.3. The smallest absolute Gasteiger partial charge is 0.334 e. The van der Waals surface area contributed by atoms with Gasteiger partial charge in [0.2, 0.25) is 0 Å². The Hall–Kier alpha value is -2.91. The Balaban J connectivity index is 2.38. The van der Waals surface area contributed by atoms with Crippen LogP contribution in [0.2, 0.25) is 0 Å². The average molecular weight is 363 g/mol. The molecule has 8 nitrogen and oxygen atoms in total. The fourth-order valence-corrected chi connectivity index (χ4v) is 3.31. The number of nitro benzene ring substituents is 1. The predicted octanol–water partition coefficient (Wildman–Crippen LogP) is 2.41. The van der Waals surface area contributed by atoms with E-state index in [0.717, 1.165) is 11.8 Å². The molecule has 2 N–H and O–H groups in total. The lowest BCUT2D eigenvalue weighted by atomic mass is 10.1. The molecule has 2 atom stereocenters. The molecule has 25 heavy (non-hydrogen) atoms. The van der Waals surface area contributed by atoms with E-state index < -0.39 is 22.2 Å². The largest absolute Gasteiger partial charge is 0.479 e. The third-order valence-electron chi connectivity index (χ3n) is 3.25. The highest BCUT2D eigenvalue weighted by Gasteiger charge is 2.30. The fourth-order valence-electron chi connectivity index (χ4n) is 2.08. The number of carbonyl (C=O) groups is 2. The Morgan fingerprint density at radius 2 is 1.84 bits per heavy atom. The molecule has 9 heteroatoms. The van der Waals surface area contributed by atoms with Crippen LogP contribution in [-0.4, -0.2) is 33.7 Å². The summed E-state index contributed by atoms with van der Waals surface area (Å²) in [6.45, 7) is 0.251. The number of ether oxygens (including phenoxy) is 1. The zero-order valence-electron chi connectivity index (χ0n) is 12.6. The molecule has 0 radical (unpaired) electrons. The van der Waals surface area contributed by atoms with Gasteiger partial charge in [0.15, 0.2) is 6.10 Å². The number of rotatable bonds is 8. The maximum absolute atomic E-state index is 11.2. The van der Waals surface area contributed by atoms with Crippen LogP contribution in [0.1, 0.15) is 10.8 Å². The van der Waals surface area contributed by atoms with Crippen molar-refractivity contribution < 1.29 is 29.5 Å². The summed E-state index contributed by atoms with van der Waals surface area (Å²) in [6, 6.07) is 11.7. The van der Waals surface area contributed by atoms with Crippen LogP contribution >= 0.6 is 11.8 Å². The molecule has 0 saturated carbocycles. The van der Waals surface area contributed by atoms with E-state index in [1.807, 2.05) is 0 Å². The van der Waals surface area contributed by atoms with Crippen molar-refractivity contribution in [2.75, 3.05) is 0 Å². The summed E-state index contributed by atoms with van der Waals surface area (Å²) < 4.78 is 4.66. The maximum atomic E-state index is 11.2. The standard InChI is InChI=1S/C16H13NO7S/c18-9-24-11-7-5-10(6-8-11)15(14(19)16(20)21)25-13-4-2-1-3-12(13)17(22)23/h1-9,14-15,19H,(H,20,21)/t14-,15+/m1/s1. The van der Waals surface area contributed by atoms with Gasteiger partial charge in [0, 0.05) is 6.07 Å². The number of nitro groups is 1. The molecular formula is C16H13NO7S. The summed E-state index contributed by atoms with van der Waals surface area (Å²) in [5.74, 6) is -1.21. The molecule has 0 heterocycles. The molecule has 0 aliphatic heterocycles. The molecule has 0 spiro atoms. The first-order valence-electron chi connectivity index (χ1n) is 6.95. The lowest BCUT2D eigenvalue weighted by molar-refractivity contribution is -0.387. The van der Waals surface area contributed by atoms with Gasteiger partial charge in [-0.2, -0.15) is 0 Å². The third kappa shape index (κ3) is 4.55. The van der Waals surface area contributed by atoms with Crippen LogP contribution in [0, 0.1) is 10.1 Å². The molecule has 0 aliphatic rings. The molecule has 130 valence electrons. The van der Waals surface area contributed by atoms with E-state index in [2.05, 4.69) is 4.74 Å². The first-order valence-corrected chi connectivity index (χ1v) is 7.83. The second kappa shape index (κ2) is 8.27. The summed E-state index contributed by atoms with van der Waals surface area (Å²) in [4.78, 5) is 32.3. The van der Waals surface area contributed by atoms with Crippen LogP contribution in [0.3, 0.4) is 0 Å². The quantitative estimate of drug-likeness (QED) is 0.317. The number of aliphatic hydroxyl groups is 1. The number of carbonyl (C=O) groups excluding carboxylic acids is 1. The van der Waals surface area contributed by atoms with E-state index in [1.54, 1.807) is 6.07 Å². The van der Waals surface area contributed by atoms with Crippen molar-refractivity contribution in [2.45, 2.75) is 16.2 Å². The summed E-state index contributed by atoms with van der Waals surface area (Å²) in [6.07, 6.45) is -1.79. The molecule has 2 aromatic rings. The number of aliphatic carboxylic acids is 1. The molecule has 0 saturated heterocycles. The number of hydrogen-bond acceptors (Lipinski definition) is 7. The number of nitrogens with zero attached hydrogens (tertiary/aromatic N) is 1. The highest BCUT2D eigenvalue weighted by Crippen LogP contribution is 2.42.